The van der Waals surface area contributed by atoms with Gasteiger partial charge in [-0.05, 0) is 30.3 Å². The van der Waals surface area contributed by atoms with Crippen molar-refractivity contribution < 1.29 is 14.3 Å². The molecule has 1 amide bonds. The Bertz CT molecular complexity index is 1070. The van der Waals surface area contributed by atoms with Crippen molar-refractivity contribution in [3.63, 3.8) is 0 Å². The topological polar surface area (TPSA) is 65.8 Å². The second-order valence-electron chi connectivity index (χ2n) is 6.92. The maximum Gasteiger partial charge on any atom is 0.229 e. The highest BCUT2D eigenvalue weighted by Gasteiger charge is 2.39. The summed E-state index contributed by atoms with van der Waals surface area (Å²) >= 11 is 4.99. The van der Waals surface area contributed by atoms with E-state index in [4.69, 9.17) is 9.47 Å². The van der Waals surface area contributed by atoms with Crippen LogP contribution < -0.4 is 14.4 Å². The SMILES string of the molecule is COc1ccc(Br)cc1C1CC(=O)N2CN(c3ccccc3OC)CSC2=C1C#N. The number of para-hydroxylation sites is 2. The Morgan fingerprint density at radius 2 is 1.93 bits per heavy atom. The monoisotopic (exact) mass is 485 g/mol. The number of nitriles is 1. The number of benzene rings is 2. The number of hydrogen-bond acceptors (Lipinski definition) is 6. The van der Waals surface area contributed by atoms with Crippen LogP contribution in [0.5, 0.6) is 11.5 Å². The molecule has 0 aliphatic carbocycles. The van der Waals surface area contributed by atoms with E-state index in [2.05, 4.69) is 26.9 Å². The second-order valence-corrected chi connectivity index (χ2v) is 8.77. The minimum absolute atomic E-state index is 0.0110. The number of rotatable bonds is 4. The van der Waals surface area contributed by atoms with E-state index >= 15 is 0 Å². The number of methoxy groups -OCH3 is 2. The third-order valence-corrected chi connectivity index (χ3v) is 6.93. The van der Waals surface area contributed by atoms with Crippen molar-refractivity contribution in [3.05, 3.63) is 63.1 Å². The standard InChI is InChI=1S/C22H20BrN3O3S/c1-28-19-8-7-14(23)9-16(19)15-10-21(27)26-12-25(13-30-22(26)17(15)11-24)18-5-3-4-6-20(18)29-2/h3-9,15H,10,12-13H2,1-2H3. The largest absolute Gasteiger partial charge is 0.496 e. The minimum Gasteiger partial charge on any atom is -0.496 e. The lowest BCUT2D eigenvalue weighted by Crippen LogP contribution is -2.47. The molecule has 0 N–H and O–H groups in total. The number of nitrogens with zero attached hydrogens (tertiary/aromatic N) is 3. The Kier molecular flexibility index (Phi) is 5.93. The lowest BCUT2D eigenvalue weighted by atomic mass is 9.86. The molecule has 2 aromatic rings. The van der Waals surface area contributed by atoms with Gasteiger partial charge in [0.1, 0.15) is 11.5 Å². The van der Waals surface area contributed by atoms with Gasteiger partial charge in [-0.15, -0.1) is 0 Å². The molecule has 0 radical (unpaired) electrons. The van der Waals surface area contributed by atoms with Gasteiger partial charge < -0.3 is 14.4 Å². The summed E-state index contributed by atoms with van der Waals surface area (Å²) < 4.78 is 11.9. The molecule has 154 valence electrons. The van der Waals surface area contributed by atoms with E-state index in [0.717, 1.165) is 26.5 Å². The number of hydrogen-bond donors (Lipinski definition) is 0. The number of ether oxygens (including phenoxy) is 2. The highest BCUT2D eigenvalue weighted by molar-refractivity contribution is 9.10. The van der Waals surface area contributed by atoms with Gasteiger partial charge in [-0.25, -0.2) is 0 Å². The number of halogens is 1. The Morgan fingerprint density at radius 1 is 1.17 bits per heavy atom. The summed E-state index contributed by atoms with van der Waals surface area (Å²) in [6.07, 6.45) is 0.222. The highest BCUT2D eigenvalue weighted by atomic mass is 79.9. The molecule has 0 spiro atoms. The molecule has 6 nitrogen and oxygen atoms in total. The molecule has 0 saturated carbocycles. The van der Waals surface area contributed by atoms with Crippen molar-refractivity contribution in [2.24, 2.45) is 0 Å². The van der Waals surface area contributed by atoms with E-state index in [0.29, 0.717) is 23.9 Å². The number of thioether (sulfide) groups is 1. The number of allylic oxidation sites excluding steroid dienone is 1. The first-order valence-electron chi connectivity index (χ1n) is 9.36. The molecular weight excluding hydrogens is 466 g/mol. The van der Waals surface area contributed by atoms with E-state index in [9.17, 15) is 10.1 Å². The van der Waals surface area contributed by atoms with Gasteiger partial charge in [0.15, 0.2) is 0 Å². The van der Waals surface area contributed by atoms with Gasteiger partial charge >= 0.3 is 0 Å². The zero-order chi connectivity index (χ0) is 21.3. The molecule has 1 fully saturated rings. The van der Waals surface area contributed by atoms with Crippen LogP contribution in [0.3, 0.4) is 0 Å². The maximum atomic E-state index is 13.1. The zero-order valence-electron chi connectivity index (χ0n) is 16.6. The molecule has 0 aromatic heterocycles. The summed E-state index contributed by atoms with van der Waals surface area (Å²) in [6.45, 7) is 0.384. The number of carbonyl (C=O) groups is 1. The fraction of sp³-hybridized carbons (Fsp3) is 0.273. The van der Waals surface area contributed by atoms with E-state index in [1.807, 2.05) is 42.5 Å². The molecule has 2 aliphatic rings. The van der Waals surface area contributed by atoms with Crippen LogP contribution in [0.1, 0.15) is 17.9 Å². The first-order chi connectivity index (χ1) is 14.6. The van der Waals surface area contributed by atoms with Crippen LogP contribution in [0.25, 0.3) is 0 Å². The van der Waals surface area contributed by atoms with Gasteiger partial charge in [0.2, 0.25) is 5.91 Å². The van der Waals surface area contributed by atoms with Crippen LogP contribution in [-0.4, -0.2) is 37.6 Å². The molecule has 2 heterocycles. The molecule has 30 heavy (non-hydrogen) atoms. The number of fused-ring (bicyclic) bond motifs is 1. The van der Waals surface area contributed by atoms with Gasteiger partial charge in [-0.3, -0.25) is 9.69 Å². The first kappa shape index (κ1) is 20.6. The second kappa shape index (κ2) is 8.62. The van der Waals surface area contributed by atoms with Crippen LogP contribution in [0.4, 0.5) is 5.69 Å². The first-order valence-corrected chi connectivity index (χ1v) is 11.1. The molecule has 0 bridgehead atoms. The van der Waals surface area contributed by atoms with E-state index in [1.54, 1.807) is 19.1 Å². The summed E-state index contributed by atoms with van der Waals surface area (Å²) in [5.41, 5.74) is 2.38. The molecule has 1 atom stereocenters. The Hall–Kier alpha value is -2.63. The Balaban J connectivity index is 1.71. The van der Waals surface area contributed by atoms with Crippen molar-refractivity contribution in [2.45, 2.75) is 12.3 Å². The Morgan fingerprint density at radius 3 is 2.67 bits per heavy atom. The van der Waals surface area contributed by atoms with Crippen LogP contribution in [0.15, 0.2) is 57.5 Å². The summed E-state index contributed by atoms with van der Waals surface area (Å²) in [5.74, 6) is 1.71. The predicted octanol–water partition coefficient (Wildman–Crippen LogP) is 4.69. The van der Waals surface area contributed by atoms with Crippen LogP contribution in [0.2, 0.25) is 0 Å². The van der Waals surface area contributed by atoms with Gasteiger partial charge in [0, 0.05) is 22.4 Å². The van der Waals surface area contributed by atoms with Crippen molar-refractivity contribution >= 4 is 39.3 Å². The quantitative estimate of drug-likeness (QED) is 0.625. The summed E-state index contributed by atoms with van der Waals surface area (Å²) in [6, 6.07) is 15.8. The van der Waals surface area contributed by atoms with E-state index in [-0.39, 0.29) is 18.2 Å². The number of amides is 1. The van der Waals surface area contributed by atoms with Crippen molar-refractivity contribution in [1.82, 2.24) is 4.90 Å². The van der Waals surface area contributed by atoms with Gasteiger partial charge in [-0.2, -0.15) is 5.26 Å². The van der Waals surface area contributed by atoms with Crippen molar-refractivity contribution in [1.29, 1.82) is 5.26 Å². The zero-order valence-corrected chi connectivity index (χ0v) is 19.0. The van der Waals surface area contributed by atoms with Crippen LogP contribution in [-0.2, 0) is 4.79 Å². The predicted molar refractivity (Wildman–Crippen MR) is 120 cm³/mol. The van der Waals surface area contributed by atoms with Gasteiger partial charge in [0.25, 0.3) is 0 Å². The highest BCUT2D eigenvalue weighted by Crippen LogP contribution is 2.46. The summed E-state index contributed by atoms with van der Waals surface area (Å²) in [5, 5.41) is 10.7. The number of anilines is 1. The van der Waals surface area contributed by atoms with Crippen LogP contribution in [0, 0.1) is 11.3 Å². The van der Waals surface area contributed by atoms with E-state index in [1.165, 1.54) is 11.8 Å². The fourth-order valence-corrected chi connectivity index (χ4v) is 5.39. The summed E-state index contributed by atoms with van der Waals surface area (Å²) in [4.78, 5) is 16.9. The minimum atomic E-state index is -0.327. The van der Waals surface area contributed by atoms with Gasteiger partial charge in [-0.1, -0.05) is 39.8 Å². The van der Waals surface area contributed by atoms with E-state index < -0.39 is 0 Å². The molecule has 8 heteroatoms. The fourth-order valence-electron chi connectivity index (χ4n) is 3.85. The lowest BCUT2D eigenvalue weighted by Gasteiger charge is -2.42. The Labute approximate surface area is 188 Å². The number of carbonyl (C=O) groups excluding carboxylic acids is 1. The molecule has 4 rings (SSSR count). The molecule has 1 unspecified atom stereocenters. The average Bonchev–Trinajstić information content (AvgIpc) is 2.78. The third kappa shape index (κ3) is 3.64. The van der Waals surface area contributed by atoms with Crippen molar-refractivity contribution in [2.75, 3.05) is 31.7 Å². The molecular formula is C22H20BrN3O3S. The average molecular weight is 486 g/mol. The van der Waals surface area contributed by atoms with Crippen LogP contribution >= 0.6 is 27.7 Å². The maximum absolute atomic E-state index is 13.1. The lowest BCUT2D eigenvalue weighted by molar-refractivity contribution is -0.129. The molecule has 2 aromatic carbocycles. The van der Waals surface area contributed by atoms with Gasteiger partial charge in [0.05, 0.1) is 49.1 Å². The van der Waals surface area contributed by atoms with Crippen molar-refractivity contribution in [3.8, 4) is 17.6 Å². The molecule has 2 aliphatic heterocycles. The summed E-state index contributed by atoms with van der Waals surface area (Å²) in [7, 11) is 3.24. The molecule has 1 saturated heterocycles. The third-order valence-electron chi connectivity index (χ3n) is 5.29. The normalized spacial score (nSPS) is 18.7. The smallest absolute Gasteiger partial charge is 0.229 e.